The second-order valence-corrected chi connectivity index (χ2v) is 7.16. The van der Waals surface area contributed by atoms with Crippen molar-refractivity contribution in [2.24, 2.45) is 12.8 Å². The first-order chi connectivity index (χ1) is 10.9. The number of hydrogen-bond donors (Lipinski definition) is 1. The number of aromatic nitrogens is 3. The van der Waals surface area contributed by atoms with Crippen LogP contribution in [0, 0.1) is 0 Å². The highest BCUT2D eigenvalue weighted by Crippen LogP contribution is 2.20. The summed E-state index contributed by atoms with van der Waals surface area (Å²) < 4.78 is 33.3. The zero-order valence-corrected chi connectivity index (χ0v) is 14.2. The Labute approximate surface area is 135 Å². The zero-order chi connectivity index (χ0) is 17.0. The monoisotopic (exact) mass is 339 g/mol. The summed E-state index contributed by atoms with van der Waals surface area (Å²) in [6.45, 7) is 2.28. The van der Waals surface area contributed by atoms with Crippen molar-refractivity contribution in [1.29, 1.82) is 0 Å². The minimum Gasteiger partial charge on any atom is -0.486 e. The van der Waals surface area contributed by atoms with Gasteiger partial charge in [-0.2, -0.15) is 9.40 Å². The maximum atomic E-state index is 12.4. The van der Waals surface area contributed by atoms with Gasteiger partial charge in [-0.1, -0.05) is 0 Å². The van der Waals surface area contributed by atoms with Crippen LogP contribution in [0.15, 0.2) is 35.5 Å². The summed E-state index contributed by atoms with van der Waals surface area (Å²) in [5.74, 6) is 1.24. The molecule has 0 saturated heterocycles. The number of aryl methyl sites for hydroxylation is 1. The van der Waals surface area contributed by atoms with Crippen molar-refractivity contribution in [2.45, 2.75) is 24.5 Å². The van der Waals surface area contributed by atoms with E-state index in [1.807, 2.05) is 0 Å². The summed E-state index contributed by atoms with van der Waals surface area (Å²) in [7, 11) is -0.268. The Hall–Kier alpha value is -1.97. The van der Waals surface area contributed by atoms with E-state index < -0.39 is 10.0 Å². The van der Waals surface area contributed by atoms with E-state index in [4.69, 9.17) is 10.5 Å². The van der Waals surface area contributed by atoms with Gasteiger partial charge in [0.2, 0.25) is 10.0 Å². The molecule has 0 saturated carbocycles. The van der Waals surface area contributed by atoms with E-state index in [1.165, 1.54) is 29.8 Å². The second kappa shape index (κ2) is 7.07. The molecule has 9 heteroatoms. The highest BCUT2D eigenvalue weighted by molar-refractivity contribution is 7.89. The lowest BCUT2D eigenvalue weighted by Gasteiger charge is -2.23. The molecule has 1 unspecified atom stereocenters. The molecule has 0 aliphatic heterocycles. The molecule has 0 aliphatic rings. The van der Waals surface area contributed by atoms with Crippen molar-refractivity contribution in [3.05, 3.63) is 36.4 Å². The summed E-state index contributed by atoms with van der Waals surface area (Å²) in [6, 6.07) is 5.99. The van der Waals surface area contributed by atoms with Gasteiger partial charge in [0.1, 0.15) is 18.7 Å². The van der Waals surface area contributed by atoms with E-state index >= 15 is 0 Å². The van der Waals surface area contributed by atoms with E-state index in [2.05, 4.69) is 10.1 Å². The normalized spacial score (nSPS) is 13.3. The predicted octanol–water partition coefficient (Wildman–Crippen LogP) is 0.362. The Kier molecular flexibility index (Phi) is 5.34. The zero-order valence-electron chi connectivity index (χ0n) is 13.4. The quantitative estimate of drug-likeness (QED) is 0.781. The fraction of sp³-hybridized carbons (Fsp3) is 0.429. The number of likely N-dealkylation sites (N-methyl/N-ethyl adjacent to an activating group) is 1. The second-order valence-electron chi connectivity index (χ2n) is 5.17. The lowest BCUT2D eigenvalue weighted by Crippen LogP contribution is -2.39. The lowest BCUT2D eigenvalue weighted by atomic mass is 10.3. The predicted molar refractivity (Wildman–Crippen MR) is 85.2 cm³/mol. The van der Waals surface area contributed by atoms with Gasteiger partial charge in [0.25, 0.3) is 0 Å². The molecular weight excluding hydrogens is 318 g/mol. The molecule has 0 amide bonds. The van der Waals surface area contributed by atoms with Gasteiger partial charge in [-0.15, -0.1) is 0 Å². The molecule has 0 spiro atoms. The van der Waals surface area contributed by atoms with Gasteiger partial charge in [0.05, 0.1) is 4.90 Å². The number of nitrogens with zero attached hydrogens (tertiary/aromatic N) is 4. The van der Waals surface area contributed by atoms with E-state index in [-0.39, 0.29) is 24.1 Å². The third kappa shape index (κ3) is 3.87. The van der Waals surface area contributed by atoms with Crippen LogP contribution in [-0.4, -0.2) is 47.1 Å². The summed E-state index contributed by atoms with van der Waals surface area (Å²) in [6.07, 6.45) is 1.45. The fourth-order valence-corrected chi connectivity index (χ4v) is 3.23. The number of hydrogen-bond acceptors (Lipinski definition) is 6. The summed E-state index contributed by atoms with van der Waals surface area (Å²) in [4.78, 5) is 4.25. The van der Waals surface area contributed by atoms with Crippen molar-refractivity contribution in [2.75, 3.05) is 13.6 Å². The molecule has 0 bridgehead atoms. The molecule has 2 N–H and O–H groups in total. The van der Waals surface area contributed by atoms with Crippen LogP contribution >= 0.6 is 0 Å². The van der Waals surface area contributed by atoms with Gasteiger partial charge in [-0.05, 0) is 31.2 Å². The first kappa shape index (κ1) is 17.4. The molecule has 126 valence electrons. The summed E-state index contributed by atoms with van der Waals surface area (Å²) in [5, 5.41) is 3.95. The molecule has 1 heterocycles. The number of rotatable bonds is 7. The Morgan fingerprint density at radius 2 is 2.00 bits per heavy atom. The Balaban J connectivity index is 2.08. The van der Waals surface area contributed by atoms with Crippen LogP contribution in [0.4, 0.5) is 0 Å². The van der Waals surface area contributed by atoms with Gasteiger partial charge in [-0.25, -0.2) is 13.4 Å². The molecule has 1 aromatic carbocycles. The van der Waals surface area contributed by atoms with E-state index in [0.29, 0.717) is 11.6 Å². The lowest BCUT2D eigenvalue weighted by molar-refractivity contribution is 0.289. The SMILES string of the molecule is CC(CN)N(C)S(=O)(=O)c1ccc(OCc2ncnn2C)cc1. The highest BCUT2D eigenvalue weighted by atomic mass is 32.2. The van der Waals surface area contributed by atoms with Crippen molar-refractivity contribution >= 4 is 10.0 Å². The Bertz CT molecular complexity index is 742. The molecule has 0 fully saturated rings. The molecule has 8 nitrogen and oxygen atoms in total. The van der Waals surface area contributed by atoms with Crippen molar-refractivity contribution in [3.63, 3.8) is 0 Å². The van der Waals surface area contributed by atoms with E-state index in [0.717, 1.165) is 0 Å². The fourth-order valence-electron chi connectivity index (χ4n) is 1.86. The Morgan fingerprint density at radius 1 is 1.35 bits per heavy atom. The van der Waals surface area contributed by atoms with Crippen LogP contribution < -0.4 is 10.5 Å². The number of ether oxygens (including phenoxy) is 1. The molecule has 1 atom stereocenters. The standard InChI is InChI=1S/C14H21N5O3S/c1-11(8-15)19(3)23(20,21)13-6-4-12(5-7-13)22-9-14-16-10-17-18(14)2/h4-7,10-11H,8-9,15H2,1-3H3. The van der Waals surface area contributed by atoms with Crippen LogP contribution in [-0.2, 0) is 23.7 Å². The third-order valence-electron chi connectivity index (χ3n) is 3.64. The van der Waals surface area contributed by atoms with Crippen LogP contribution in [0.25, 0.3) is 0 Å². The topological polar surface area (TPSA) is 103 Å². The van der Waals surface area contributed by atoms with Crippen molar-refractivity contribution in [1.82, 2.24) is 19.1 Å². The van der Waals surface area contributed by atoms with Crippen LogP contribution in [0.3, 0.4) is 0 Å². The van der Waals surface area contributed by atoms with Gasteiger partial charge >= 0.3 is 0 Å². The van der Waals surface area contributed by atoms with Crippen LogP contribution in [0.1, 0.15) is 12.7 Å². The number of benzene rings is 1. The maximum absolute atomic E-state index is 12.4. The van der Waals surface area contributed by atoms with E-state index in [9.17, 15) is 8.42 Å². The van der Waals surface area contributed by atoms with Gasteiger partial charge in [0, 0.05) is 26.7 Å². The smallest absolute Gasteiger partial charge is 0.243 e. The summed E-state index contributed by atoms with van der Waals surface area (Å²) in [5.41, 5.74) is 5.53. The minimum atomic E-state index is -3.56. The van der Waals surface area contributed by atoms with Gasteiger partial charge in [-0.3, -0.25) is 4.68 Å². The first-order valence-electron chi connectivity index (χ1n) is 7.10. The van der Waals surface area contributed by atoms with Crippen LogP contribution in [0.5, 0.6) is 5.75 Å². The number of nitrogens with two attached hydrogens (primary N) is 1. The molecular formula is C14H21N5O3S. The van der Waals surface area contributed by atoms with Crippen molar-refractivity contribution in [3.8, 4) is 5.75 Å². The molecule has 0 radical (unpaired) electrons. The third-order valence-corrected chi connectivity index (χ3v) is 5.62. The first-order valence-corrected chi connectivity index (χ1v) is 8.54. The molecule has 0 aliphatic carbocycles. The molecule has 2 aromatic rings. The Morgan fingerprint density at radius 3 is 2.52 bits per heavy atom. The highest BCUT2D eigenvalue weighted by Gasteiger charge is 2.24. The number of sulfonamides is 1. The van der Waals surface area contributed by atoms with Gasteiger partial charge < -0.3 is 10.5 Å². The van der Waals surface area contributed by atoms with E-state index in [1.54, 1.807) is 30.8 Å². The minimum absolute atomic E-state index is 0.200. The molecule has 1 aromatic heterocycles. The summed E-state index contributed by atoms with van der Waals surface area (Å²) >= 11 is 0. The van der Waals surface area contributed by atoms with Crippen molar-refractivity contribution < 1.29 is 13.2 Å². The average molecular weight is 339 g/mol. The van der Waals surface area contributed by atoms with Gasteiger partial charge in [0.15, 0.2) is 5.82 Å². The molecule has 23 heavy (non-hydrogen) atoms. The average Bonchev–Trinajstić information content (AvgIpc) is 2.97. The van der Waals surface area contributed by atoms with Crippen LogP contribution in [0.2, 0.25) is 0 Å². The largest absolute Gasteiger partial charge is 0.486 e. The maximum Gasteiger partial charge on any atom is 0.243 e. The molecule has 2 rings (SSSR count).